The standard InChI is InChI=1S/C9H8N4OS/c14-6-2-1-3-7-8(6)11-9(15-7)5-4-10-13-12-5/h4H,1-3H2,(H,10,12,13). The number of H-pyrrole nitrogens is 1. The minimum absolute atomic E-state index is 0.155. The van der Waals surface area contributed by atoms with Gasteiger partial charge < -0.3 is 0 Å². The molecule has 3 rings (SSSR count). The molecule has 0 aromatic carbocycles. The van der Waals surface area contributed by atoms with E-state index in [-0.39, 0.29) is 5.78 Å². The molecule has 0 saturated heterocycles. The van der Waals surface area contributed by atoms with E-state index in [2.05, 4.69) is 20.4 Å². The number of hydrogen-bond donors (Lipinski definition) is 1. The molecule has 1 N–H and O–H groups in total. The molecular weight excluding hydrogens is 212 g/mol. The van der Waals surface area contributed by atoms with E-state index in [1.165, 1.54) is 0 Å². The van der Waals surface area contributed by atoms with Gasteiger partial charge in [-0.1, -0.05) is 0 Å². The number of aryl methyl sites for hydroxylation is 1. The molecule has 76 valence electrons. The lowest BCUT2D eigenvalue weighted by atomic mass is 10.0. The first-order chi connectivity index (χ1) is 7.34. The zero-order chi connectivity index (χ0) is 10.3. The van der Waals surface area contributed by atoms with Crippen LogP contribution in [0.25, 0.3) is 10.7 Å². The summed E-state index contributed by atoms with van der Waals surface area (Å²) in [6.07, 6.45) is 4.13. The molecule has 0 unspecified atom stereocenters. The first-order valence-electron chi connectivity index (χ1n) is 4.73. The van der Waals surface area contributed by atoms with Crippen LogP contribution < -0.4 is 0 Å². The molecule has 5 nitrogen and oxygen atoms in total. The van der Waals surface area contributed by atoms with Crippen LogP contribution in [0.2, 0.25) is 0 Å². The summed E-state index contributed by atoms with van der Waals surface area (Å²) in [5.74, 6) is 0.155. The van der Waals surface area contributed by atoms with Crippen molar-refractivity contribution < 1.29 is 4.79 Å². The average molecular weight is 220 g/mol. The van der Waals surface area contributed by atoms with E-state index >= 15 is 0 Å². The van der Waals surface area contributed by atoms with Gasteiger partial charge in [-0.05, 0) is 12.8 Å². The number of fused-ring (bicyclic) bond motifs is 1. The zero-order valence-electron chi connectivity index (χ0n) is 7.86. The Morgan fingerprint density at radius 3 is 3.07 bits per heavy atom. The van der Waals surface area contributed by atoms with Crippen LogP contribution in [0.1, 0.15) is 28.2 Å². The van der Waals surface area contributed by atoms with Gasteiger partial charge in [0.25, 0.3) is 0 Å². The quantitative estimate of drug-likeness (QED) is 0.789. The first kappa shape index (κ1) is 8.72. The number of aromatic nitrogens is 4. The number of ketones is 1. The van der Waals surface area contributed by atoms with Crippen LogP contribution >= 0.6 is 11.3 Å². The van der Waals surface area contributed by atoms with Gasteiger partial charge in [0, 0.05) is 11.3 Å². The summed E-state index contributed by atoms with van der Waals surface area (Å²) >= 11 is 1.54. The molecule has 0 bridgehead atoms. The molecule has 0 atom stereocenters. The van der Waals surface area contributed by atoms with Gasteiger partial charge in [-0.2, -0.15) is 15.4 Å². The summed E-state index contributed by atoms with van der Waals surface area (Å²) in [5.41, 5.74) is 1.35. The molecule has 0 saturated carbocycles. The molecule has 6 heteroatoms. The van der Waals surface area contributed by atoms with Gasteiger partial charge in [0.2, 0.25) is 0 Å². The Balaban J connectivity index is 2.09. The maximum atomic E-state index is 11.6. The molecule has 15 heavy (non-hydrogen) atoms. The second-order valence-electron chi connectivity index (χ2n) is 3.42. The third-order valence-electron chi connectivity index (χ3n) is 2.40. The average Bonchev–Trinajstić information content (AvgIpc) is 2.86. The molecule has 1 aliphatic carbocycles. The van der Waals surface area contributed by atoms with E-state index in [9.17, 15) is 4.79 Å². The number of carbonyl (C=O) groups excluding carboxylic acids is 1. The monoisotopic (exact) mass is 220 g/mol. The Kier molecular flexibility index (Phi) is 1.88. The molecule has 0 radical (unpaired) electrons. The molecule has 0 fully saturated rings. The Labute approximate surface area is 89.5 Å². The summed E-state index contributed by atoms with van der Waals surface area (Å²) in [6.45, 7) is 0. The van der Waals surface area contributed by atoms with Crippen molar-refractivity contribution in [3.05, 3.63) is 16.8 Å². The highest BCUT2D eigenvalue weighted by atomic mass is 32.1. The van der Waals surface area contributed by atoms with Crippen LogP contribution in [0, 0.1) is 0 Å². The third kappa shape index (κ3) is 1.37. The zero-order valence-corrected chi connectivity index (χ0v) is 8.67. The van der Waals surface area contributed by atoms with Gasteiger partial charge in [0.1, 0.15) is 16.4 Å². The fourth-order valence-corrected chi connectivity index (χ4v) is 2.76. The molecule has 2 aromatic rings. The van der Waals surface area contributed by atoms with E-state index < -0.39 is 0 Å². The number of rotatable bonds is 1. The predicted octanol–water partition coefficient (Wildman–Crippen LogP) is 1.45. The molecule has 0 aliphatic heterocycles. The Morgan fingerprint density at radius 2 is 2.33 bits per heavy atom. The van der Waals surface area contributed by atoms with Crippen molar-refractivity contribution in [1.29, 1.82) is 0 Å². The fraction of sp³-hybridized carbons (Fsp3) is 0.333. The van der Waals surface area contributed by atoms with Crippen molar-refractivity contribution >= 4 is 17.1 Å². The van der Waals surface area contributed by atoms with Gasteiger partial charge in [-0.15, -0.1) is 11.3 Å². The highest BCUT2D eigenvalue weighted by molar-refractivity contribution is 7.15. The van der Waals surface area contributed by atoms with Crippen molar-refractivity contribution in [1.82, 2.24) is 20.4 Å². The SMILES string of the molecule is O=C1CCCc2sc(-c3cn[nH]n3)nc21. The molecule has 2 aromatic heterocycles. The van der Waals surface area contributed by atoms with Crippen molar-refractivity contribution in [3.8, 4) is 10.7 Å². The van der Waals surface area contributed by atoms with Crippen LogP contribution in [0.15, 0.2) is 6.20 Å². The normalized spacial score (nSPS) is 15.3. The fourth-order valence-electron chi connectivity index (χ4n) is 1.68. The summed E-state index contributed by atoms with van der Waals surface area (Å²) in [4.78, 5) is 17.0. The van der Waals surface area contributed by atoms with Gasteiger partial charge in [-0.25, -0.2) is 4.98 Å². The second kappa shape index (κ2) is 3.23. The highest BCUT2D eigenvalue weighted by Gasteiger charge is 2.23. The van der Waals surface area contributed by atoms with E-state index in [0.29, 0.717) is 17.8 Å². The molecular formula is C9H8N4OS. The van der Waals surface area contributed by atoms with Crippen molar-refractivity contribution in [2.45, 2.75) is 19.3 Å². The summed E-state index contributed by atoms with van der Waals surface area (Å²) in [6, 6.07) is 0. The predicted molar refractivity (Wildman–Crippen MR) is 54.8 cm³/mol. The number of carbonyl (C=O) groups is 1. The summed E-state index contributed by atoms with van der Waals surface area (Å²) in [7, 11) is 0. The maximum Gasteiger partial charge on any atom is 0.182 e. The summed E-state index contributed by atoms with van der Waals surface area (Å²) < 4.78 is 0. The second-order valence-corrected chi connectivity index (χ2v) is 4.51. The largest absolute Gasteiger partial charge is 0.292 e. The Morgan fingerprint density at radius 1 is 1.40 bits per heavy atom. The number of hydrogen-bond acceptors (Lipinski definition) is 5. The van der Waals surface area contributed by atoms with Crippen LogP contribution in [-0.4, -0.2) is 26.2 Å². The van der Waals surface area contributed by atoms with Crippen molar-refractivity contribution in [2.75, 3.05) is 0 Å². The van der Waals surface area contributed by atoms with Crippen molar-refractivity contribution in [2.24, 2.45) is 0 Å². The lowest BCUT2D eigenvalue weighted by molar-refractivity contribution is 0.0968. The number of nitrogens with one attached hydrogen (secondary N) is 1. The van der Waals surface area contributed by atoms with Crippen LogP contribution in [-0.2, 0) is 6.42 Å². The van der Waals surface area contributed by atoms with Crippen LogP contribution in [0.4, 0.5) is 0 Å². The van der Waals surface area contributed by atoms with E-state index in [0.717, 1.165) is 22.7 Å². The molecule has 1 aliphatic rings. The Bertz CT molecular complexity index is 502. The van der Waals surface area contributed by atoms with Gasteiger partial charge >= 0.3 is 0 Å². The van der Waals surface area contributed by atoms with Gasteiger partial charge in [0.15, 0.2) is 5.78 Å². The van der Waals surface area contributed by atoms with Gasteiger partial charge in [-0.3, -0.25) is 4.79 Å². The Hall–Kier alpha value is -1.56. The van der Waals surface area contributed by atoms with E-state index in [1.54, 1.807) is 17.5 Å². The third-order valence-corrected chi connectivity index (χ3v) is 3.54. The maximum absolute atomic E-state index is 11.6. The lowest BCUT2D eigenvalue weighted by Crippen LogP contribution is -2.08. The topological polar surface area (TPSA) is 71.5 Å². The lowest BCUT2D eigenvalue weighted by Gasteiger charge is -2.06. The highest BCUT2D eigenvalue weighted by Crippen LogP contribution is 2.31. The van der Waals surface area contributed by atoms with E-state index in [1.807, 2.05) is 0 Å². The molecule has 0 amide bonds. The smallest absolute Gasteiger partial charge is 0.182 e. The minimum Gasteiger partial charge on any atom is -0.292 e. The van der Waals surface area contributed by atoms with E-state index in [4.69, 9.17) is 0 Å². The molecule has 0 spiro atoms. The van der Waals surface area contributed by atoms with Crippen LogP contribution in [0.3, 0.4) is 0 Å². The number of thiazole rings is 1. The number of aromatic amines is 1. The van der Waals surface area contributed by atoms with Gasteiger partial charge in [0.05, 0.1) is 6.20 Å². The summed E-state index contributed by atoms with van der Waals surface area (Å²) in [5, 5.41) is 11.0. The number of Topliss-reactive ketones (excluding diaryl/α,β-unsaturated/α-hetero) is 1. The minimum atomic E-state index is 0.155. The number of nitrogens with zero attached hydrogens (tertiary/aromatic N) is 3. The molecule has 2 heterocycles. The van der Waals surface area contributed by atoms with Crippen LogP contribution in [0.5, 0.6) is 0 Å². The first-order valence-corrected chi connectivity index (χ1v) is 5.55. The van der Waals surface area contributed by atoms with Crippen molar-refractivity contribution in [3.63, 3.8) is 0 Å².